The van der Waals surface area contributed by atoms with Gasteiger partial charge in [0.25, 0.3) is 0 Å². The van der Waals surface area contributed by atoms with Gasteiger partial charge in [-0.05, 0) is 31.2 Å². The summed E-state index contributed by atoms with van der Waals surface area (Å²) in [6.45, 7) is 2.92. The molecule has 1 aromatic carbocycles. The van der Waals surface area contributed by atoms with Gasteiger partial charge in [-0.15, -0.1) is 6.42 Å². The quantitative estimate of drug-likeness (QED) is 0.654. The fraction of sp³-hybridized carbons (Fsp3) is 0.273. The third-order valence-corrected chi connectivity index (χ3v) is 1.46. The molecule has 0 fully saturated rings. The molecule has 0 N–H and O–H groups in total. The Bertz CT molecular complexity index is 282. The molecule has 0 saturated carbocycles. The summed E-state index contributed by atoms with van der Waals surface area (Å²) in [5.41, 5.74) is 0. The Kier molecular flexibility index (Phi) is 3.72. The van der Waals surface area contributed by atoms with Gasteiger partial charge in [0.05, 0.1) is 6.61 Å². The molecule has 2 heteroatoms. The Morgan fingerprint density at radius 1 is 1.15 bits per heavy atom. The lowest BCUT2D eigenvalue weighted by Crippen LogP contribution is -1.94. The van der Waals surface area contributed by atoms with Crippen molar-refractivity contribution in [2.24, 2.45) is 0 Å². The zero-order valence-corrected chi connectivity index (χ0v) is 7.62. The molecule has 0 saturated heterocycles. The van der Waals surface area contributed by atoms with Crippen LogP contribution >= 0.6 is 0 Å². The predicted octanol–water partition coefficient (Wildman–Crippen LogP) is 2.10. The van der Waals surface area contributed by atoms with Gasteiger partial charge < -0.3 is 9.47 Å². The molecule has 0 spiro atoms. The number of hydrogen-bond acceptors (Lipinski definition) is 2. The van der Waals surface area contributed by atoms with Gasteiger partial charge in [-0.25, -0.2) is 0 Å². The molecular formula is C11H12O2. The van der Waals surface area contributed by atoms with E-state index in [1.807, 2.05) is 31.2 Å². The van der Waals surface area contributed by atoms with Crippen molar-refractivity contribution in [3.05, 3.63) is 24.3 Å². The molecule has 13 heavy (non-hydrogen) atoms. The molecular weight excluding hydrogens is 164 g/mol. The zero-order chi connectivity index (χ0) is 9.52. The lowest BCUT2D eigenvalue weighted by atomic mass is 10.3. The maximum atomic E-state index is 5.27. The van der Waals surface area contributed by atoms with Crippen LogP contribution in [0, 0.1) is 12.3 Å². The molecule has 0 aliphatic carbocycles. The van der Waals surface area contributed by atoms with E-state index in [0.29, 0.717) is 13.2 Å². The number of ether oxygens (including phenoxy) is 2. The van der Waals surface area contributed by atoms with Crippen LogP contribution in [0.4, 0.5) is 0 Å². The molecule has 0 heterocycles. The highest BCUT2D eigenvalue weighted by Gasteiger charge is 1.93. The largest absolute Gasteiger partial charge is 0.494 e. The smallest absolute Gasteiger partial charge is 0.148 e. The molecule has 2 nitrogen and oxygen atoms in total. The molecule has 0 atom stereocenters. The van der Waals surface area contributed by atoms with Crippen molar-refractivity contribution in [2.75, 3.05) is 13.2 Å². The van der Waals surface area contributed by atoms with Gasteiger partial charge >= 0.3 is 0 Å². The van der Waals surface area contributed by atoms with Crippen molar-refractivity contribution in [3.63, 3.8) is 0 Å². The molecule has 1 aromatic rings. The average Bonchev–Trinajstić information content (AvgIpc) is 2.17. The molecule has 0 aliphatic heterocycles. The summed E-state index contributed by atoms with van der Waals surface area (Å²) in [6.07, 6.45) is 5.05. The van der Waals surface area contributed by atoms with Crippen molar-refractivity contribution < 1.29 is 9.47 Å². The van der Waals surface area contributed by atoms with E-state index in [2.05, 4.69) is 5.92 Å². The molecule has 68 valence electrons. The average molecular weight is 176 g/mol. The summed E-state index contributed by atoms with van der Waals surface area (Å²) in [6, 6.07) is 7.38. The Labute approximate surface area is 78.5 Å². The monoisotopic (exact) mass is 176 g/mol. The van der Waals surface area contributed by atoms with Crippen LogP contribution in [-0.4, -0.2) is 13.2 Å². The van der Waals surface area contributed by atoms with Crippen LogP contribution < -0.4 is 9.47 Å². The molecule has 0 aliphatic rings. The van der Waals surface area contributed by atoms with Gasteiger partial charge in [0.2, 0.25) is 0 Å². The first-order valence-corrected chi connectivity index (χ1v) is 4.16. The SMILES string of the molecule is C#CCOc1ccc(OCC)cc1. The molecule has 0 amide bonds. The normalized spacial score (nSPS) is 8.92. The van der Waals surface area contributed by atoms with Crippen molar-refractivity contribution >= 4 is 0 Å². The second-order valence-electron chi connectivity index (χ2n) is 2.40. The van der Waals surface area contributed by atoms with Crippen molar-refractivity contribution in [3.8, 4) is 23.8 Å². The minimum Gasteiger partial charge on any atom is -0.494 e. The highest BCUT2D eigenvalue weighted by Crippen LogP contribution is 2.17. The minimum absolute atomic E-state index is 0.300. The summed E-state index contributed by atoms with van der Waals surface area (Å²) in [7, 11) is 0. The zero-order valence-electron chi connectivity index (χ0n) is 7.62. The van der Waals surface area contributed by atoms with E-state index in [1.54, 1.807) is 0 Å². The van der Waals surface area contributed by atoms with E-state index in [0.717, 1.165) is 11.5 Å². The maximum Gasteiger partial charge on any atom is 0.148 e. The van der Waals surface area contributed by atoms with Crippen LogP contribution in [0.15, 0.2) is 24.3 Å². The van der Waals surface area contributed by atoms with Gasteiger partial charge in [-0.1, -0.05) is 5.92 Å². The molecule has 0 unspecified atom stereocenters. The highest BCUT2D eigenvalue weighted by atomic mass is 16.5. The highest BCUT2D eigenvalue weighted by molar-refractivity contribution is 5.31. The molecule has 0 radical (unpaired) electrons. The van der Waals surface area contributed by atoms with Crippen molar-refractivity contribution in [1.82, 2.24) is 0 Å². The first-order valence-electron chi connectivity index (χ1n) is 4.16. The van der Waals surface area contributed by atoms with E-state index in [9.17, 15) is 0 Å². The first-order chi connectivity index (χ1) is 6.36. The second kappa shape index (κ2) is 5.10. The number of benzene rings is 1. The number of terminal acetylenes is 1. The first kappa shape index (κ1) is 9.47. The number of rotatable bonds is 4. The van der Waals surface area contributed by atoms with Gasteiger partial charge in [0.15, 0.2) is 0 Å². The van der Waals surface area contributed by atoms with E-state index in [4.69, 9.17) is 15.9 Å². The van der Waals surface area contributed by atoms with Crippen LogP contribution in [0.25, 0.3) is 0 Å². The number of hydrogen-bond donors (Lipinski definition) is 0. The minimum atomic E-state index is 0.300. The van der Waals surface area contributed by atoms with Crippen LogP contribution in [0.3, 0.4) is 0 Å². The van der Waals surface area contributed by atoms with E-state index < -0.39 is 0 Å². The van der Waals surface area contributed by atoms with Crippen LogP contribution in [0.2, 0.25) is 0 Å². The Morgan fingerprint density at radius 2 is 1.69 bits per heavy atom. The summed E-state index contributed by atoms with van der Waals surface area (Å²) < 4.78 is 10.5. The van der Waals surface area contributed by atoms with Gasteiger partial charge in [-0.3, -0.25) is 0 Å². The predicted molar refractivity (Wildman–Crippen MR) is 51.9 cm³/mol. The van der Waals surface area contributed by atoms with Crippen LogP contribution in [-0.2, 0) is 0 Å². The topological polar surface area (TPSA) is 18.5 Å². The van der Waals surface area contributed by atoms with Crippen LogP contribution in [0.5, 0.6) is 11.5 Å². The fourth-order valence-electron chi connectivity index (χ4n) is 0.924. The van der Waals surface area contributed by atoms with E-state index >= 15 is 0 Å². The van der Waals surface area contributed by atoms with Crippen molar-refractivity contribution in [2.45, 2.75) is 6.92 Å². The lowest BCUT2D eigenvalue weighted by Gasteiger charge is -2.04. The Morgan fingerprint density at radius 3 is 2.15 bits per heavy atom. The Hall–Kier alpha value is -1.62. The summed E-state index contributed by atoms with van der Waals surface area (Å²) >= 11 is 0. The molecule has 0 bridgehead atoms. The standard InChI is InChI=1S/C11H12O2/c1-3-9-13-11-7-5-10(6-8-11)12-4-2/h1,5-8H,4,9H2,2H3. The third-order valence-electron chi connectivity index (χ3n) is 1.46. The van der Waals surface area contributed by atoms with Gasteiger partial charge in [0.1, 0.15) is 18.1 Å². The maximum absolute atomic E-state index is 5.27. The second-order valence-corrected chi connectivity index (χ2v) is 2.40. The van der Waals surface area contributed by atoms with Gasteiger partial charge in [-0.2, -0.15) is 0 Å². The van der Waals surface area contributed by atoms with E-state index in [1.165, 1.54) is 0 Å². The molecule has 1 rings (SSSR count). The molecule has 0 aromatic heterocycles. The fourth-order valence-corrected chi connectivity index (χ4v) is 0.924. The summed E-state index contributed by atoms with van der Waals surface area (Å²) in [5.74, 6) is 4.01. The van der Waals surface area contributed by atoms with Crippen LogP contribution in [0.1, 0.15) is 6.92 Å². The van der Waals surface area contributed by atoms with E-state index in [-0.39, 0.29) is 0 Å². The summed E-state index contributed by atoms with van der Waals surface area (Å²) in [4.78, 5) is 0. The van der Waals surface area contributed by atoms with Gasteiger partial charge in [0, 0.05) is 0 Å². The third kappa shape index (κ3) is 3.08. The van der Waals surface area contributed by atoms with Crippen molar-refractivity contribution in [1.29, 1.82) is 0 Å². The lowest BCUT2D eigenvalue weighted by molar-refractivity contribution is 0.337. The Balaban J connectivity index is 2.54. The summed E-state index contributed by atoms with van der Waals surface area (Å²) in [5, 5.41) is 0.